The van der Waals surface area contributed by atoms with Crippen molar-refractivity contribution in [2.45, 2.75) is 32.9 Å². The fraction of sp³-hybridized carbons (Fsp3) is 0.688. The maximum absolute atomic E-state index is 12.0. The Bertz CT molecular complexity index is 572. The number of nitrogens with one attached hydrogen (secondary N) is 1. The van der Waals surface area contributed by atoms with Gasteiger partial charge in [0.15, 0.2) is 0 Å². The van der Waals surface area contributed by atoms with Crippen molar-refractivity contribution in [3.8, 4) is 0 Å². The topological polar surface area (TPSA) is 85.7 Å². The highest BCUT2D eigenvalue weighted by molar-refractivity contribution is 5.78. The molecule has 2 heterocycles. The van der Waals surface area contributed by atoms with E-state index in [2.05, 4.69) is 10.4 Å². The van der Waals surface area contributed by atoms with Gasteiger partial charge in [0.25, 0.3) is 0 Å². The predicted molar refractivity (Wildman–Crippen MR) is 87.5 cm³/mol. The molecule has 2 amide bonds. The molecule has 8 nitrogen and oxygen atoms in total. The summed E-state index contributed by atoms with van der Waals surface area (Å²) in [5.74, 6) is -0.0920. The largest absolute Gasteiger partial charge is 0.383 e. The first-order valence-corrected chi connectivity index (χ1v) is 8.15. The van der Waals surface area contributed by atoms with E-state index >= 15 is 0 Å². The molecule has 1 N–H and O–H groups in total. The first-order valence-electron chi connectivity index (χ1n) is 8.15. The minimum Gasteiger partial charge on any atom is -0.383 e. The Morgan fingerprint density at radius 3 is 2.92 bits per heavy atom. The van der Waals surface area contributed by atoms with Gasteiger partial charge in [-0.15, -0.1) is 0 Å². The quantitative estimate of drug-likeness (QED) is 0.714. The van der Waals surface area contributed by atoms with Crippen LogP contribution in [0.5, 0.6) is 0 Å². The van der Waals surface area contributed by atoms with Crippen LogP contribution in [0.25, 0.3) is 0 Å². The van der Waals surface area contributed by atoms with E-state index in [-0.39, 0.29) is 24.5 Å². The molecule has 1 saturated heterocycles. The number of carbonyl (C=O) groups excluding carboxylic acids is 2. The molecule has 0 aromatic carbocycles. The Labute approximate surface area is 142 Å². The van der Waals surface area contributed by atoms with Gasteiger partial charge in [0.1, 0.15) is 6.61 Å². The van der Waals surface area contributed by atoms with Crippen LogP contribution < -0.4 is 5.32 Å². The number of hydrogen-bond donors (Lipinski definition) is 1. The summed E-state index contributed by atoms with van der Waals surface area (Å²) in [5, 5.41) is 7.20. The number of carbonyl (C=O) groups is 2. The second kappa shape index (κ2) is 8.79. The Balaban J connectivity index is 1.71. The van der Waals surface area contributed by atoms with Gasteiger partial charge < -0.3 is 19.7 Å². The summed E-state index contributed by atoms with van der Waals surface area (Å²) in [6, 6.07) is 1.99. The molecule has 2 rings (SSSR count). The molecule has 0 aliphatic carbocycles. The lowest BCUT2D eigenvalue weighted by Crippen LogP contribution is -2.51. The molecular weight excluding hydrogens is 312 g/mol. The van der Waals surface area contributed by atoms with Crippen molar-refractivity contribution in [2.75, 3.05) is 40.0 Å². The van der Waals surface area contributed by atoms with Crippen LogP contribution in [0.2, 0.25) is 0 Å². The van der Waals surface area contributed by atoms with Crippen LogP contribution in [-0.2, 0) is 25.6 Å². The first kappa shape index (κ1) is 18.4. The number of aryl methyl sites for hydroxylation is 3. The smallest absolute Gasteiger partial charge is 0.248 e. The van der Waals surface area contributed by atoms with E-state index in [1.807, 2.05) is 24.6 Å². The van der Waals surface area contributed by atoms with Gasteiger partial charge in [-0.25, -0.2) is 0 Å². The number of rotatable bonds is 8. The zero-order chi connectivity index (χ0) is 17.5. The molecule has 1 fully saturated rings. The highest BCUT2D eigenvalue weighted by Crippen LogP contribution is 2.06. The van der Waals surface area contributed by atoms with Gasteiger partial charge in [-0.05, 0) is 19.9 Å². The van der Waals surface area contributed by atoms with Crippen molar-refractivity contribution in [1.82, 2.24) is 20.0 Å². The molecule has 1 atom stereocenters. The third kappa shape index (κ3) is 5.31. The van der Waals surface area contributed by atoms with Crippen LogP contribution in [0.4, 0.5) is 0 Å². The average molecular weight is 338 g/mol. The average Bonchev–Trinajstić information content (AvgIpc) is 2.88. The molecule has 24 heavy (non-hydrogen) atoms. The van der Waals surface area contributed by atoms with Gasteiger partial charge >= 0.3 is 0 Å². The highest BCUT2D eigenvalue weighted by Gasteiger charge is 2.26. The van der Waals surface area contributed by atoms with Crippen molar-refractivity contribution < 1.29 is 19.1 Å². The number of nitrogens with zero attached hydrogens (tertiary/aromatic N) is 3. The van der Waals surface area contributed by atoms with Crippen LogP contribution in [-0.4, -0.2) is 72.6 Å². The van der Waals surface area contributed by atoms with Crippen molar-refractivity contribution >= 4 is 11.8 Å². The maximum atomic E-state index is 12.0. The summed E-state index contributed by atoms with van der Waals surface area (Å²) < 4.78 is 12.3. The van der Waals surface area contributed by atoms with Crippen LogP contribution in [0.3, 0.4) is 0 Å². The second-order valence-corrected chi connectivity index (χ2v) is 5.97. The monoisotopic (exact) mass is 338 g/mol. The summed E-state index contributed by atoms with van der Waals surface area (Å²) in [5.41, 5.74) is 1.99. The van der Waals surface area contributed by atoms with E-state index < -0.39 is 0 Å². The Kier molecular flexibility index (Phi) is 6.74. The Hall–Kier alpha value is -1.93. The third-order valence-electron chi connectivity index (χ3n) is 3.97. The summed E-state index contributed by atoms with van der Waals surface area (Å²) >= 11 is 0. The lowest BCUT2D eigenvalue weighted by molar-refractivity contribution is -0.149. The number of aromatic nitrogens is 2. The van der Waals surface area contributed by atoms with Crippen LogP contribution >= 0.6 is 0 Å². The summed E-state index contributed by atoms with van der Waals surface area (Å²) in [6.07, 6.45) is 0.179. The molecule has 1 aromatic rings. The van der Waals surface area contributed by atoms with Crippen LogP contribution in [0, 0.1) is 13.8 Å². The molecule has 0 bridgehead atoms. The molecule has 1 aliphatic heterocycles. The fourth-order valence-corrected chi connectivity index (χ4v) is 2.65. The van der Waals surface area contributed by atoms with Gasteiger partial charge in [-0.1, -0.05) is 0 Å². The zero-order valence-corrected chi connectivity index (χ0v) is 14.6. The molecule has 0 saturated carbocycles. The Morgan fingerprint density at radius 1 is 1.46 bits per heavy atom. The number of methoxy groups -OCH3 is 1. The fourth-order valence-electron chi connectivity index (χ4n) is 2.65. The van der Waals surface area contributed by atoms with Gasteiger partial charge in [0.05, 0.1) is 18.4 Å². The minimum atomic E-state index is -0.183. The molecular formula is C16H26N4O4. The Morgan fingerprint density at radius 2 is 2.25 bits per heavy atom. The van der Waals surface area contributed by atoms with Crippen molar-refractivity contribution in [1.29, 1.82) is 0 Å². The second-order valence-electron chi connectivity index (χ2n) is 5.97. The van der Waals surface area contributed by atoms with Crippen molar-refractivity contribution in [2.24, 2.45) is 0 Å². The molecule has 8 heteroatoms. The lowest BCUT2D eigenvalue weighted by atomic mass is 10.2. The van der Waals surface area contributed by atoms with Gasteiger partial charge in [0, 0.05) is 45.4 Å². The third-order valence-corrected chi connectivity index (χ3v) is 3.97. The van der Waals surface area contributed by atoms with E-state index in [9.17, 15) is 9.59 Å². The number of hydrogen-bond acceptors (Lipinski definition) is 5. The van der Waals surface area contributed by atoms with E-state index in [1.165, 1.54) is 0 Å². The number of ether oxygens (including phenoxy) is 2. The van der Waals surface area contributed by atoms with Gasteiger partial charge in [-0.3, -0.25) is 14.3 Å². The number of morpholine rings is 1. The van der Waals surface area contributed by atoms with Crippen LogP contribution in [0.15, 0.2) is 6.07 Å². The van der Waals surface area contributed by atoms with Crippen LogP contribution in [0.1, 0.15) is 17.8 Å². The van der Waals surface area contributed by atoms with Crippen molar-refractivity contribution in [3.05, 3.63) is 17.5 Å². The van der Waals surface area contributed by atoms with Crippen molar-refractivity contribution in [3.63, 3.8) is 0 Å². The van der Waals surface area contributed by atoms with E-state index in [0.717, 1.165) is 11.4 Å². The summed E-state index contributed by atoms with van der Waals surface area (Å²) in [6.45, 7) is 6.41. The SMILES string of the molecule is COCCN1CC(CNC(=O)CCn2nc(C)cc2C)OCC1=O. The maximum Gasteiger partial charge on any atom is 0.248 e. The zero-order valence-electron chi connectivity index (χ0n) is 14.6. The highest BCUT2D eigenvalue weighted by atomic mass is 16.5. The summed E-state index contributed by atoms with van der Waals surface area (Å²) in [4.78, 5) is 25.4. The molecule has 0 spiro atoms. The number of amides is 2. The first-order chi connectivity index (χ1) is 11.5. The standard InChI is InChI=1S/C16H26N4O4/c1-12-8-13(2)20(18-12)5-4-15(21)17-9-14-10-19(6-7-23-3)16(22)11-24-14/h8,14H,4-7,9-11H2,1-3H3,(H,17,21). The molecule has 134 valence electrons. The molecule has 1 unspecified atom stereocenters. The predicted octanol–water partition coefficient (Wildman–Crippen LogP) is -0.120. The summed E-state index contributed by atoms with van der Waals surface area (Å²) in [7, 11) is 1.60. The lowest BCUT2D eigenvalue weighted by Gasteiger charge is -2.32. The molecule has 1 aromatic heterocycles. The normalized spacial score (nSPS) is 18.0. The molecule has 1 aliphatic rings. The molecule has 0 radical (unpaired) electrons. The van der Waals surface area contributed by atoms with E-state index in [1.54, 1.807) is 12.0 Å². The minimum absolute atomic E-state index is 0.0425. The van der Waals surface area contributed by atoms with Gasteiger partial charge in [-0.2, -0.15) is 5.10 Å². The van der Waals surface area contributed by atoms with E-state index in [0.29, 0.717) is 39.2 Å². The van der Waals surface area contributed by atoms with E-state index in [4.69, 9.17) is 9.47 Å². The van der Waals surface area contributed by atoms with Gasteiger partial charge in [0.2, 0.25) is 11.8 Å².